The Bertz CT molecular complexity index is 311. The summed E-state index contributed by atoms with van der Waals surface area (Å²) in [7, 11) is 6.30. The van der Waals surface area contributed by atoms with Gasteiger partial charge in [-0.25, -0.2) is 0 Å². The van der Waals surface area contributed by atoms with Crippen LogP contribution in [-0.2, 0) is 4.79 Å². The first kappa shape index (κ1) is 15.7. The lowest BCUT2D eigenvalue weighted by Gasteiger charge is -2.35. The van der Waals surface area contributed by atoms with Crippen LogP contribution in [0, 0.1) is 0 Å². The molecule has 2 fully saturated rings. The molecule has 0 bridgehead atoms. The average molecular weight is 282 g/mol. The van der Waals surface area contributed by atoms with E-state index in [9.17, 15) is 4.79 Å². The van der Waals surface area contributed by atoms with Crippen LogP contribution in [-0.4, -0.2) is 86.6 Å². The fraction of sp³-hybridized carbons (Fsp3) is 0.933. The first-order chi connectivity index (χ1) is 9.56. The number of rotatable bonds is 7. The highest BCUT2D eigenvalue weighted by Gasteiger charge is 2.23. The van der Waals surface area contributed by atoms with Crippen molar-refractivity contribution in [2.45, 2.75) is 37.8 Å². The molecule has 2 rings (SSSR count). The number of nitrogens with one attached hydrogen (secondary N) is 1. The number of likely N-dealkylation sites (N-methyl/N-ethyl adjacent to an activating group) is 2. The van der Waals surface area contributed by atoms with Crippen LogP contribution in [0.4, 0.5) is 0 Å². The van der Waals surface area contributed by atoms with Crippen LogP contribution in [0.3, 0.4) is 0 Å². The minimum atomic E-state index is 0.216. The summed E-state index contributed by atoms with van der Waals surface area (Å²) in [6.07, 6.45) is 4.95. The molecule has 20 heavy (non-hydrogen) atoms. The summed E-state index contributed by atoms with van der Waals surface area (Å²) in [5.41, 5.74) is 0. The van der Waals surface area contributed by atoms with Crippen LogP contribution >= 0.6 is 0 Å². The second kappa shape index (κ2) is 7.38. The number of carbonyl (C=O) groups excluding carboxylic acids is 1. The minimum absolute atomic E-state index is 0.216. The highest BCUT2D eigenvalue weighted by Crippen LogP contribution is 2.18. The minimum Gasteiger partial charge on any atom is -0.343 e. The van der Waals surface area contributed by atoms with Crippen molar-refractivity contribution in [2.75, 3.05) is 53.9 Å². The monoisotopic (exact) mass is 282 g/mol. The molecule has 1 saturated heterocycles. The lowest BCUT2D eigenvalue weighted by Crippen LogP contribution is -2.45. The van der Waals surface area contributed by atoms with Crippen LogP contribution in [0.2, 0.25) is 0 Å². The number of hydrogen-bond donors (Lipinski definition) is 1. The zero-order valence-electron chi connectivity index (χ0n) is 13.3. The number of hydrogen-bond acceptors (Lipinski definition) is 4. The molecule has 0 aromatic heterocycles. The molecule has 5 nitrogen and oxygen atoms in total. The Morgan fingerprint density at radius 2 is 1.80 bits per heavy atom. The Morgan fingerprint density at radius 3 is 2.40 bits per heavy atom. The summed E-state index contributed by atoms with van der Waals surface area (Å²) in [4.78, 5) is 18.6. The normalized spacial score (nSPS) is 21.4. The lowest BCUT2D eigenvalue weighted by atomic mass is 10.0. The molecular formula is C15H30N4O. The summed E-state index contributed by atoms with van der Waals surface area (Å²) in [6, 6.07) is 1.29. The topological polar surface area (TPSA) is 38.8 Å². The predicted octanol–water partition coefficient (Wildman–Crippen LogP) is 0.223. The molecule has 1 amide bonds. The third-order valence-corrected chi connectivity index (χ3v) is 4.64. The van der Waals surface area contributed by atoms with Gasteiger partial charge in [-0.2, -0.15) is 0 Å². The van der Waals surface area contributed by atoms with Crippen LogP contribution in [0.25, 0.3) is 0 Å². The molecule has 0 aromatic rings. The van der Waals surface area contributed by atoms with E-state index < -0.39 is 0 Å². The zero-order valence-corrected chi connectivity index (χ0v) is 13.3. The van der Waals surface area contributed by atoms with Crippen molar-refractivity contribution >= 4 is 5.91 Å². The highest BCUT2D eigenvalue weighted by molar-refractivity contribution is 5.78. The van der Waals surface area contributed by atoms with E-state index in [0.29, 0.717) is 18.6 Å². The van der Waals surface area contributed by atoms with Crippen molar-refractivity contribution in [3.8, 4) is 0 Å². The third-order valence-electron chi connectivity index (χ3n) is 4.64. The van der Waals surface area contributed by atoms with Crippen molar-refractivity contribution in [3.63, 3.8) is 0 Å². The Morgan fingerprint density at radius 1 is 1.15 bits per heavy atom. The molecule has 0 unspecified atom stereocenters. The maximum Gasteiger partial charge on any atom is 0.236 e. The number of carbonyl (C=O) groups is 1. The van der Waals surface area contributed by atoms with Gasteiger partial charge in [0.05, 0.1) is 6.54 Å². The molecule has 116 valence electrons. The van der Waals surface area contributed by atoms with E-state index in [2.05, 4.69) is 29.2 Å². The van der Waals surface area contributed by atoms with Crippen LogP contribution in [0.15, 0.2) is 0 Å². The Kier molecular flexibility index (Phi) is 5.81. The van der Waals surface area contributed by atoms with Gasteiger partial charge in [0.25, 0.3) is 0 Å². The molecule has 1 heterocycles. The Balaban J connectivity index is 1.61. The smallest absolute Gasteiger partial charge is 0.236 e. The molecule has 1 N–H and O–H groups in total. The van der Waals surface area contributed by atoms with E-state index in [1.54, 1.807) is 0 Å². The fourth-order valence-electron chi connectivity index (χ4n) is 2.70. The molecular weight excluding hydrogens is 252 g/mol. The van der Waals surface area contributed by atoms with Crippen LogP contribution in [0.1, 0.15) is 25.7 Å². The number of amides is 1. The SMILES string of the molecule is CN1CCC(N(C)CCN(C)C(=O)CNC2CC2)CC1. The van der Waals surface area contributed by atoms with E-state index in [0.717, 1.165) is 13.1 Å². The maximum atomic E-state index is 11.9. The van der Waals surface area contributed by atoms with Gasteiger partial charge in [0, 0.05) is 32.2 Å². The number of likely N-dealkylation sites (tertiary alicyclic amines) is 1. The van der Waals surface area contributed by atoms with Crippen molar-refractivity contribution in [1.29, 1.82) is 0 Å². The standard InChI is InChI=1S/C15H30N4O/c1-17-8-6-14(7-9-17)18(2)10-11-19(3)15(20)12-16-13-4-5-13/h13-14,16H,4-12H2,1-3H3. The summed E-state index contributed by atoms with van der Waals surface area (Å²) >= 11 is 0. The summed E-state index contributed by atoms with van der Waals surface area (Å²) in [5, 5.41) is 3.28. The quantitative estimate of drug-likeness (QED) is 0.725. The molecule has 0 aromatic carbocycles. The van der Waals surface area contributed by atoms with Gasteiger partial charge in [0.15, 0.2) is 0 Å². The van der Waals surface area contributed by atoms with Gasteiger partial charge in [-0.05, 0) is 52.9 Å². The van der Waals surface area contributed by atoms with Crippen LogP contribution < -0.4 is 5.32 Å². The molecule has 1 aliphatic heterocycles. The first-order valence-corrected chi connectivity index (χ1v) is 7.92. The van der Waals surface area contributed by atoms with Crippen LogP contribution in [0.5, 0.6) is 0 Å². The van der Waals surface area contributed by atoms with Gasteiger partial charge in [-0.3, -0.25) is 4.79 Å². The molecule has 0 atom stereocenters. The second-order valence-corrected chi connectivity index (χ2v) is 6.49. The summed E-state index contributed by atoms with van der Waals surface area (Å²) < 4.78 is 0. The molecule has 0 radical (unpaired) electrons. The molecule has 5 heteroatoms. The van der Waals surface area contributed by atoms with Gasteiger partial charge in [0.1, 0.15) is 0 Å². The van der Waals surface area contributed by atoms with Crippen molar-refractivity contribution in [1.82, 2.24) is 20.0 Å². The van der Waals surface area contributed by atoms with E-state index in [4.69, 9.17) is 0 Å². The zero-order chi connectivity index (χ0) is 14.5. The Hall–Kier alpha value is -0.650. The largest absolute Gasteiger partial charge is 0.343 e. The maximum absolute atomic E-state index is 11.9. The number of piperidine rings is 1. The van der Waals surface area contributed by atoms with E-state index in [1.165, 1.54) is 38.8 Å². The molecule has 1 aliphatic carbocycles. The van der Waals surface area contributed by atoms with Gasteiger partial charge in [-0.15, -0.1) is 0 Å². The third kappa shape index (κ3) is 5.04. The molecule has 1 saturated carbocycles. The highest BCUT2D eigenvalue weighted by atomic mass is 16.2. The van der Waals surface area contributed by atoms with Gasteiger partial charge < -0.3 is 20.0 Å². The first-order valence-electron chi connectivity index (χ1n) is 7.92. The van der Waals surface area contributed by atoms with Crippen molar-refractivity contribution in [2.24, 2.45) is 0 Å². The summed E-state index contributed by atoms with van der Waals surface area (Å²) in [5.74, 6) is 0.216. The van der Waals surface area contributed by atoms with Gasteiger partial charge >= 0.3 is 0 Å². The van der Waals surface area contributed by atoms with Gasteiger partial charge in [-0.1, -0.05) is 0 Å². The van der Waals surface area contributed by atoms with E-state index >= 15 is 0 Å². The predicted molar refractivity (Wildman–Crippen MR) is 81.8 cm³/mol. The number of nitrogens with zero attached hydrogens (tertiary/aromatic N) is 3. The van der Waals surface area contributed by atoms with Gasteiger partial charge in [0.2, 0.25) is 5.91 Å². The molecule has 2 aliphatic rings. The fourth-order valence-corrected chi connectivity index (χ4v) is 2.70. The van der Waals surface area contributed by atoms with Crippen molar-refractivity contribution < 1.29 is 4.79 Å². The lowest BCUT2D eigenvalue weighted by molar-refractivity contribution is -0.129. The summed E-state index contributed by atoms with van der Waals surface area (Å²) in [6.45, 7) is 4.68. The second-order valence-electron chi connectivity index (χ2n) is 6.49. The Labute approximate surface area is 123 Å². The van der Waals surface area contributed by atoms with Crippen molar-refractivity contribution in [3.05, 3.63) is 0 Å². The van der Waals surface area contributed by atoms with E-state index in [1.807, 2.05) is 11.9 Å². The molecule has 0 spiro atoms. The van der Waals surface area contributed by atoms with E-state index in [-0.39, 0.29) is 5.91 Å². The average Bonchev–Trinajstić information content (AvgIpc) is 3.26.